The lowest BCUT2D eigenvalue weighted by atomic mass is 9.71. The molecule has 0 bridgehead atoms. The number of hydrogen-bond acceptors (Lipinski definition) is 6. The molecule has 1 aromatic rings. The highest BCUT2D eigenvalue weighted by Gasteiger charge is 2.29. The average molecular weight is 443 g/mol. The van der Waals surface area contributed by atoms with Gasteiger partial charge in [-0.25, -0.2) is 0 Å². The van der Waals surface area contributed by atoms with Crippen LogP contribution >= 0.6 is 0 Å². The molecule has 0 aromatic heterocycles. The number of ether oxygens (including phenoxy) is 1. The van der Waals surface area contributed by atoms with Gasteiger partial charge in [0, 0.05) is 5.54 Å². The minimum atomic E-state index is -1.65. The fourth-order valence-electron chi connectivity index (χ4n) is 2.85. The Morgan fingerprint density at radius 3 is 2.41 bits per heavy atom. The molecule has 8 nitrogen and oxygen atoms in total. The van der Waals surface area contributed by atoms with Crippen LogP contribution in [0.2, 0.25) is 0 Å². The second-order valence-electron chi connectivity index (χ2n) is 9.90. The molecule has 0 radical (unpaired) electrons. The van der Waals surface area contributed by atoms with Crippen molar-refractivity contribution in [3.63, 3.8) is 0 Å². The number of nitrogens with one attached hydrogen (secondary N) is 2. The molecule has 0 spiro atoms. The van der Waals surface area contributed by atoms with E-state index in [1.54, 1.807) is 24.3 Å². The van der Waals surface area contributed by atoms with E-state index in [4.69, 9.17) is 4.74 Å². The molecule has 0 aliphatic rings. The topological polar surface area (TPSA) is 132 Å². The molecule has 0 aliphatic carbocycles. The summed E-state index contributed by atoms with van der Waals surface area (Å²) in [7, 11) is -1.65. The number of benzene rings is 1. The summed E-state index contributed by atoms with van der Waals surface area (Å²) in [4.78, 5) is 24.4. The minimum absolute atomic E-state index is 0.0242. The third kappa shape index (κ3) is 11.0. The molecule has 2 amide bonds. The monoisotopic (exact) mass is 443 g/mol. The largest absolute Gasteiger partial charge is 0.493 e. The highest BCUT2D eigenvalue weighted by atomic mass is 16.5. The summed E-state index contributed by atoms with van der Waals surface area (Å²) in [6, 6.07) is 8.74. The summed E-state index contributed by atoms with van der Waals surface area (Å²) < 4.78 is 5.62. The molecule has 0 saturated heterocycles. The quantitative estimate of drug-likeness (QED) is 0.263. The Balaban J connectivity index is 2.70. The molecule has 32 heavy (non-hydrogen) atoms. The molecule has 0 heterocycles. The summed E-state index contributed by atoms with van der Waals surface area (Å²) in [5, 5.41) is 33.7. The van der Waals surface area contributed by atoms with Gasteiger partial charge in [-0.15, -0.1) is 0 Å². The van der Waals surface area contributed by atoms with Gasteiger partial charge in [-0.3, -0.25) is 9.59 Å². The Morgan fingerprint density at radius 2 is 1.88 bits per heavy atom. The number of nitriles is 1. The first-order valence-electron chi connectivity index (χ1n) is 10.5. The molecular formula is C23H34BN3O5. The van der Waals surface area contributed by atoms with E-state index in [9.17, 15) is 24.9 Å². The molecule has 174 valence electrons. The van der Waals surface area contributed by atoms with Crippen LogP contribution in [0, 0.1) is 16.7 Å². The first kappa shape index (κ1) is 27.2. The van der Waals surface area contributed by atoms with E-state index in [1.807, 2.05) is 47.6 Å². The van der Waals surface area contributed by atoms with Crippen molar-refractivity contribution >= 4 is 25.0 Å². The van der Waals surface area contributed by atoms with E-state index in [0.29, 0.717) is 17.7 Å². The normalized spacial score (nSPS) is 13.0. The first-order valence-corrected chi connectivity index (χ1v) is 10.5. The van der Waals surface area contributed by atoms with Gasteiger partial charge in [0.25, 0.3) is 5.91 Å². The van der Waals surface area contributed by atoms with Crippen LogP contribution < -0.4 is 15.4 Å². The van der Waals surface area contributed by atoms with Crippen molar-refractivity contribution < 1.29 is 24.4 Å². The zero-order valence-corrected chi connectivity index (χ0v) is 19.7. The Morgan fingerprint density at radius 1 is 1.22 bits per heavy atom. The maximum absolute atomic E-state index is 12.2. The van der Waals surface area contributed by atoms with Crippen molar-refractivity contribution in [3.05, 3.63) is 35.4 Å². The number of amides is 2. The van der Waals surface area contributed by atoms with Crippen molar-refractivity contribution in [2.24, 2.45) is 5.41 Å². The van der Waals surface area contributed by atoms with Gasteiger partial charge in [0.2, 0.25) is 5.91 Å². The van der Waals surface area contributed by atoms with Crippen molar-refractivity contribution in [1.82, 2.24) is 10.6 Å². The Labute approximate surface area is 190 Å². The Kier molecular flexibility index (Phi) is 9.95. The highest BCUT2D eigenvalue weighted by Crippen LogP contribution is 2.21. The first-order chi connectivity index (χ1) is 14.7. The Bertz CT molecular complexity index is 864. The molecule has 4 N–H and O–H groups in total. The predicted molar refractivity (Wildman–Crippen MR) is 124 cm³/mol. The molecule has 1 rings (SSSR count). The minimum Gasteiger partial charge on any atom is -0.493 e. The molecule has 0 saturated carbocycles. The molecular weight excluding hydrogens is 409 g/mol. The summed E-state index contributed by atoms with van der Waals surface area (Å²) in [6.07, 6.45) is 1.92. The molecule has 9 heteroatoms. The van der Waals surface area contributed by atoms with Crippen LogP contribution in [0.1, 0.15) is 59.9 Å². The third-order valence-corrected chi connectivity index (χ3v) is 4.16. The van der Waals surface area contributed by atoms with Gasteiger partial charge in [-0.1, -0.05) is 32.9 Å². The summed E-state index contributed by atoms with van der Waals surface area (Å²) in [6.45, 7) is 11.4. The fraction of sp³-hybridized carbons (Fsp3) is 0.522. The van der Waals surface area contributed by atoms with Crippen LogP contribution in [0.3, 0.4) is 0 Å². The lowest BCUT2D eigenvalue weighted by Gasteiger charge is -2.26. The van der Waals surface area contributed by atoms with Crippen molar-refractivity contribution in [1.29, 1.82) is 5.26 Å². The van der Waals surface area contributed by atoms with Crippen LogP contribution in [0.15, 0.2) is 29.8 Å². The maximum Gasteiger partial charge on any atom is 0.475 e. The van der Waals surface area contributed by atoms with Gasteiger partial charge in [0.15, 0.2) is 0 Å². The molecule has 1 unspecified atom stereocenters. The van der Waals surface area contributed by atoms with Crippen LogP contribution in [-0.4, -0.2) is 47.1 Å². The van der Waals surface area contributed by atoms with E-state index in [2.05, 4.69) is 10.6 Å². The molecule has 1 aromatic carbocycles. The van der Waals surface area contributed by atoms with E-state index >= 15 is 0 Å². The SMILES string of the molecule is CC(C)(C)CC(NC(=O)CCOc1cccc(C=C(C#N)C(=O)NC(C)(C)C)c1)B(O)O. The van der Waals surface area contributed by atoms with E-state index < -0.39 is 24.5 Å². The maximum atomic E-state index is 12.2. The van der Waals surface area contributed by atoms with Crippen molar-refractivity contribution in [2.45, 2.75) is 65.9 Å². The lowest BCUT2D eigenvalue weighted by Crippen LogP contribution is -2.48. The lowest BCUT2D eigenvalue weighted by molar-refractivity contribution is -0.122. The smallest absolute Gasteiger partial charge is 0.475 e. The van der Waals surface area contributed by atoms with Crippen LogP contribution in [0.25, 0.3) is 6.08 Å². The van der Waals surface area contributed by atoms with Crippen LogP contribution in [0.4, 0.5) is 0 Å². The number of carbonyl (C=O) groups excluding carboxylic acids is 2. The number of carbonyl (C=O) groups is 2. The average Bonchev–Trinajstić information content (AvgIpc) is 2.63. The molecule has 0 aliphatic heterocycles. The second-order valence-corrected chi connectivity index (χ2v) is 9.90. The third-order valence-electron chi connectivity index (χ3n) is 4.16. The summed E-state index contributed by atoms with van der Waals surface area (Å²) >= 11 is 0. The van der Waals surface area contributed by atoms with Crippen molar-refractivity contribution in [3.8, 4) is 11.8 Å². The van der Waals surface area contributed by atoms with Crippen molar-refractivity contribution in [2.75, 3.05) is 6.61 Å². The number of rotatable bonds is 9. The zero-order valence-electron chi connectivity index (χ0n) is 19.7. The summed E-state index contributed by atoms with van der Waals surface area (Å²) in [5.41, 5.74) is -0.0561. The van der Waals surface area contributed by atoms with Crippen LogP contribution in [-0.2, 0) is 9.59 Å². The van der Waals surface area contributed by atoms with E-state index in [-0.39, 0.29) is 29.9 Å². The second kappa shape index (κ2) is 11.7. The fourth-order valence-corrected chi connectivity index (χ4v) is 2.85. The number of nitrogens with zero attached hydrogens (tertiary/aromatic N) is 1. The zero-order chi connectivity index (χ0) is 24.5. The Hall–Kier alpha value is -2.83. The van der Waals surface area contributed by atoms with E-state index in [0.717, 1.165) is 0 Å². The van der Waals surface area contributed by atoms with Gasteiger partial charge >= 0.3 is 7.12 Å². The van der Waals surface area contributed by atoms with Gasteiger partial charge in [0.1, 0.15) is 17.4 Å². The summed E-state index contributed by atoms with van der Waals surface area (Å²) in [5.74, 6) is -1.10. The van der Waals surface area contributed by atoms with E-state index in [1.165, 1.54) is 6.08 Å². The molecule has 1 atom stereocenters. The molecule has 0 fully saturated rings. The highest BCUT2D eigenvalue weighted by molar-refractivity contribution is 6.43. The number of hydrogen-bond donors (Lipinski definition) is 4. The van der Waals surface area contributed by atoms with Crippen LogP contribution in [0.5, 0.6) is 5.75 Å². The van der Waals surface area contributed by atoms with Gasteiger partial charge < -0.3 is 25.4 Å². The predicted octanol–water partition coefficient (Wildman–Crippen LogP) is 2.21. The van der Waals surface area contributed by atoms with Gasteiger partial charge in [-0.2, -0.15) is 5.26 Å². The standard InChI is InChI=1S/C23H34BN3O5/c1-22(2,3)14-19(24(30)31)26-20(28)10-11-32-18-9-7-8-16(13-18)12-17(15-25)21(29)27-23(4,5)6/h7-9,12-13,19,30-31H,10-11,14H2,1-6H3,(H,26,28)(H,27,29). The van der Waals surface area contributed by atoms with Gasteiger partial charge in [-0.05, 0) is 56.4 Å². The van der Waals surface area contributed by atoms with Gasteiger partial charge in [0.05, 0.1) is 19.0 Å².